The van der Waals surface area contributed by atoms with Crippen LogP contribution in [0.5, 0.6) is 0 Å². The van der Waals surface area contributed by atoms with Gasteiger partial charge in [0, 0.05) is 30.3 Å². The average Bonchev–Trinajstić information content (AvgIpc) is 3.00. The highest BCUT2D eigenvalue weighted by atomic mass is 32.2. The SMILES string of the molecule is Cc1ccccc1-n1c(SCCCO)nnc1-c1ccncc1. The third-order valence-electron chi connectivity index (χ3n) is 3.46. The van der Waals surface area contributed by atoms with E-state index < -0.39 is 0 Å². The maximum absolute atomic E-state index is 8.99. The van der Waals surface area contributed by atoms with Gasteiger partial charge in [-0.15, -0.1) is 10.2 Å². The number of hydrogen-bond donors (Lipinski definition) is 1. The zero-order valence-corrected chi connectivity index (χ0v) is 13.7. The van der Waals surface area contributed by atoms with Gasteiger partial charge in [-0.1, -0.05) is 30.0 Å². The van der Waals surface area contributed by atoms with Crippen LogP contribution in [0.2, 0.25) is 0 Å². The summed E-state index contributed by atoms with van der Waals surface area (Å²) >= 11 is 1.60. The summed E-state index contributed by atoms with van der Waals surface area (Å²) in [5, 5.41) is 18.6. The maximum Gasteiger partial charge on any atom is 0.196 e. The molecular weight excluding hydrogens is 308 g/mol. The first kappa shape index (κ1) is 15.7. The fourth-order valence-electron chi connectivity index (χ4n) is 2.31. The van der Waals surface area contributed by atoms with Crippen LogP contribution in [0.1, 0.15) is 12.0 Å². The van der Waals surface area contributed by atoms with Crippen LogP contribution in [0.15, 0.2) is 53.9 Å². The molecule has 0 aliphatic heterocycles. The van der Waals surface area contributed by atoms with Crippen LogP contribution in [0.3, 0.4) is 0 Å². The highest BCUT2D eigenvalue weighted by Gasteiger charge is 2.17. The summed E-state index contributed by atoms with van der Waals surface area (Å²) in [7, 11) is 0. The summed E-state index contributed by atoms with van der Waals surface area (Å²) in [4.78, 5) is 4.07. The van der Waals surface area contributed by atoms with Crippen LogP contribution in [0.25, 0.3) is 17.1 Å². The highest BCUT2D eigenvalue weighted by molar-refractivity contribution is 7.99. The van der Waals surface area contributed by atoms with Crippen LogP contribution in [0, 0.1) is 6.92 Å². The lowest BCUT2D eigenvalue weighted by atomic mass is 10.2. The number of hydrogen-bond acceptors (Lipinski definition) is 5. The molecule has 2 aromatic heterocycles. The minimum absolute atomic E-state index is 0.183. The van der Waals surface area contributed by atoms with Gasteiger partial charge in [0.15, 0.2) is 11.0 Å². The number of aliphatic hydroxyl groups excluding tert-OH is 1. The fourth-order valence-corrected chi connectivity index (χ4v) is 3.18. The molecule has 0 saturated heterocycles. The molecule has 0 aliphatic rings. The van der Waals surface area contributed by atoms with Crippen molar-refractivity contribution < 1.29 is 5.11 Å². The molecule has 0 aliphatic carbocycles. The molecule has 6 heteroatoms. The summed E-state index contributed by atoms with van der Waals surface area (Å²) in [5.41, 5.74) is 3.20. The molecule has 0 unspecified atom stereocenters. The number of benzene rings is 1. The Hall–Kier alpha value is -2.18. The van der Waals surface area contributed by atoms with E-state index in [1.807, 2.05) is 24.3 Å². The van der Waals surface area contributed by atoms with Gasteiger partial charge in [-0.3, -0.25) is 9.55 Å². The van der Waals surface area contributed by atoms with Crippen molar-refractivity contribution in [2.24, 2.45) is 0 Å². The van der Waals surface area contributed by atoms with Gasteiger partial charge in [-0.05, 0) is 37.1 Å². The Morgan fingerprint density at radius 2 is 1.87 bits per heavy atom. The average molecular weight is 326 g/mol. The predicted octanol–water partition coefficient (Wildman–Crippen LogP) is 3.11. The van der Waals surface area contributed by atoms with Crippen molar-refractivity contribution >= 4 is 11.8 Å². The standard InChI is InChI=1S/C17H18N4OS/c1-13-5-2-3-6-15(13)21-16(14-7-9-18-10-8-14)19-20-17(21)23-12-4-11-22/h2-3,5-10,22H,4,11-12H2,1H3. The first-order valence-corrected chi connectivity index (χ1v) is 8.45. The fraction of sp³-hybridized carbons (Fsp3) is 0.235. The second kappa shape index (κ2) is 7.39. The minimum atomic E-state index is 0.183. The molecule has 0 amide bonds. The third-order valence-corrected chi connectivity index (χ3v) is 4.48. The monoisotopic (exact) mass is 326 g/mol. The molecular formula is C17H18N4OS. The van der Waals surface area contributed by atoms with Gasteiger partial charge in [-0.2, -0.15) is 0 Å². The van der Waals surface area contributed by atoms with Gasteiger partial charge in [0.25, 0.3) is 0 Å². The van der Waals surface area contributed by atoms with Gasteiger partial charge in [0.1, 0.15) is 0 Å². The Morgan fingerprint density at radius 3 is 2.61 bits per heavy atom. The zero-order valence-electron chi connectivity index (χ0n) is 12.9. The summed E-state index contributed by atoms with van der Waals surface area (Å²) in [6.45, 7) is 2.26. The van der Waals surface area contributed by atoms with Gasteiger partial charge in [0.2, 0.25) is 0 Å². The van der Waals surface area contributed by atoms with E-state index in [-0.39, 0.29) is 6.61 Å². The quantitative estimate of drug-likeness (QED) is 0.557. The number of aromatic nitrogens is 4. The van der Waals surface area contributed by atoms with Gasteiger partial charge >= 0.3 is 0 Å². The van der Waals surface area contributed by atoms with E-state index >= 15 is 0 Å². The van der Waals surface area contributed by atoms with Gasteiger partial charge in [0.05, 0.1) is 5.69 Å². The first-order valence-electron chi connectivity index (χ1n) is 7.46. The largest absolute Gasteiger partial charge is 0.396 e. The summed E-state index contributed by atoms with van der Waals surface area (Å²) in [6, 6.07) is 12.0. The molecule has 0 fully saturated rings. The molecule has 0 radical (unpaired) electrons. The van der Waals surface area contributed by atoms with Crippen molar-refractivity contribution in [2.45, 2.75) is 18.5 Å². The lowest BCUT2D eigenvalue weighted by Crippen LogP contribution is -2.02. The summed E-state index contributed by atoms with van der Waals surface area (Å²) < 4.78 is 2.08. The van der Waals surface area contributed by atoms with Crippen molar-refractivity contribution in [1.29, 1.82) is 0 Å². The van der Waals surface area contributed by atoms with Crippen molar-refractivity contribution in [2.75, 3.05) is 12.4 Å². The Labute approximate surface area is 139 Å². The van der Waals surface area contributed by atoms with E-state index in [2.05, 4.69) is 38.8 Å². The van der Waals surface area contributed by atoms with E-state index in [1.165, 1.54) is 0 Å². The van der Waals surface area contributed by atoms with Crippen molar-refractivity contribution in [1.82, 2.24) is 19.7 Å². The topological polar surface area (TPSA) is 63.8 Å². The number of para-hydroxylation sites is 1. The summed E-state index contributed by atoms with van der Waals surface area (Å²) in [5.74, 6) is 1.60. The normalized spacial score (nSPS) is 10.9. The van der Waals surface area contributed by atoms with E-state index in [0.29, 0.717) is 0 Å². The lowest BCUT2D eigenvalue weighted by Gasteiger charge is -2.12. The van der Waals surface area contributed by atoms with E-state index in [4.69, 9.17) is 5.11 Å². The number of thioether (sulfide) groups is 1. The maximum atomic E-state index is 8.99. The Bertz CT molecular complexity index is 773. The smallest absolute Gasteiger partial charge is 0.196 e. The molecule has 0 spiro atoms. The molecule has 0 bridgehead atoms. The first-order chi connectivity index (χ1) is 11.3. The van der Waals surface area contributed by atoms with Crippen LogP contribution in [-0.4, -0.2) is 37.2 Å². The molecule has 3 aromatic rings. The molecule has 0 saturated carbocycles. The molecule has 5 nitrogen and oxygen atoms in total. The highest BCUT2D eigenvalue weighted by Crippen LogP contribution is 2.29. The molecule has 23 heavy (non-hydrogen) atoms. The number of nitrogens with zero attached hydrogens (tertiary/aromatic N) is 4. The Kier molecular flexibility index (Phi) is 5.05. The summed E-state index contributed by atoms with van der Waals surface area (Å²) in [6.07, 6.45) is 4.24. The molecule has 0 atom stereocenters. The van der Waals surface area contributed by atoms with Crippen LogP contribution in [0.4, 0.5) is 0 Å². The molecule has 1 N–H and O–H groups in total. The molecule has 3 rings (SSSR count). The number of rotatable bonds is 6. The van der Waals surface area contributed by atoms with Crippen LogP contribution < -0.4 is 0 Å². The third kappa shape index (κ3) is 3.43. The Balaban J connectivity index is 2.09. The molecule has 2 heterocycles. The number of aryl methyl sites for hydroxylation is 1. The van der Waals surface area contributed by atoms with E-state index in [1.54, 1.807) is 24.2 Å². The zero-order chi connectivity index (χ0) is 16.1. The van der Waals surface area contributed by atoms with Crippen LogP contribution in [-0.2, 0) is 0 Å². The molecule has 118 valence electrons. The van der Waals surface area contributed by atoms with E-state index in [9.17, 15) is 0 Å². The predicted molar refractivity (Wildman–Crippen MR) is 91.8 cm³/mol. The Morgan fingerprint density at radius 1 is 1.09 bits per heavy atom. The van der Waals surface area contributed by atoms with Crippen LogP contribution >= 0.6 is 11.8 Å². The number of aliphatic hydroxyl groups is 1. The van der Waals surface area contributed by atoms with E-state index in [0.717, 1.165) is 40.0 Å². The number of pyridine rings is 1. The van der Waals surface area contributed by atoms with Crippen molar-refractivity contribution in [3.8, 4) is 17.1 Å². The lowest BCUT2D eigenvalue weighted by molar-refractivity contribution is 0.296. The van der Waals surface area contributed by atoms with Gasteiger partial charge in [-0.25, -0.2) is 0 Å². The second-order valence-electron chi connectivity index (χ2n) is 5.09. The molecule has 1 aromatic carbocycles. The minimum Gasteiger partial charge on any atom is -0.396 e. The van der Waals surface area contributed by atoms with Crippen molar-refractivity contribution in [3.63, 3.8) is 0 Å². The second-order valence-corrected chi connectivity index (χ2v) is 6.15. The van der Waals surface area contributed by atoms with Crippen molar-refractivity contribution in [3.05, 3.63) is 54.4 Å². The van der Waals surface area contributed by atoms with Gasteiger partial charge < -0.3 is 5.11 Å².